The SMILES string of the molecule is Cc1cc2c[c-]ccc2n1C.Cc1cc2cc(C(=O)O)ccc2[nH]1.Cc1cc2cc(I)ccc2n1C.Cc1cc2cc(P(=O)(O)O)ccc2[nH]1.Cc1cc2cc(S(O)(O)O)ccc2[nH]1.[Li+]. The Labute approximate surface area is 403 Å². The zero-order valence-electron chi connectivity index (χ0n) is 37.2. The zero-order chi connectivity index (χ0) is 46.7. The van der Waals surface area contributed by atoms with Crippen molar-refractivity contribution in [3.05, 3.63) is 165 Å². The van der Waals surface area contributed by atoms with Gasteiger partial charge in [0.15, 0.2) is 0 Å². The molecule has 13 nitrogen and oxygen atoms in total. The molecule has 9 N–H and O–H groups in total. The second-order valence-corrected chi connectivity index (χ2v) is 19.8. The van der Waals surface area contributed by atoms with Crippen LogP contribution in [0, 0.1) is 44.3 Å². The van der Waals surface area contributed by atoms with E-state index in [1.54, 1.807) is 36.4 Å². The van der Waals surface area contributed by atoms with Crippen LogP contribution in [0.3, 0.4) is 0 Å². The number of rotatable bonds is 3. The van der Waals surface area contributed by atoms with Crippen molar-refractivity contribution in [2.75, 3.05) is 0 Å². The fourth-order valence-corrected chi connectivity index (χ4v) is 8.74. The molecule has 0 aliphatic carbocycles. The Morgan fingerprint density at radius 1 is 0.615 bits per heavy atom. The van der Waals surface area contributed by atoms with Gasteiger partial charge in [0.05, 0.1) is 15.8 Å². The van der Waals surface area contributed by atoms with Crippen molar-refractivity contribution in [2.45, 2.75) is 39.5 Å². The van der Waals surface area contributed by atoms with Crippen LogP contribution in [0.15, 0.2) is 126 Å². The molecule has 0 fully saturated rings. The number of halogens is 1. The molecule has 0 saturated carbocycles. The molecule has 5 heterocycles. The third kappa shape index (κ3) is 12.9. The normalized spacial score (nSPS) is 11.5. The average molecular weight is 1020 g/mol. The molecule has 0 aliphatic heterocycles. The van der Waals surface area contributed by atoms with Gasteiger partial charge in [-0.1, -0.05) is 11.6 Å². The third-order valence-corrected chi connectivity index (χ3v) is 13.0. The standard InChI is InChI=1S/C10H10IN.C10H9NO2.C10H10N.C9H10NO3P.C9H11NO3S.Li/c1-7-5-8-6-9(11)3-4-10(8)12(7)2;1-6-4-8-5-7(10(12)13)2-3-9(8)11-6;1-8-7-9-5-3-4-6-10(9)11(8)2;2*1-6-4-7-5-8(14(11,12)13)2-3-9(7)10-6;/h3-6H,1-2H3;2-5,11H,1H3,(H,12,13);4-7H,1-2H3;2-5,10H,1H3,(H2,11,12,13);2-5,10-13H,1H3;/q;;-1;;;+1. The van der Waals surface area contributed by atoms with Crippen LogP contribution in [-0.2, 0) is 18.7 Å². The summed E-state index contributed by atoms with van der Waals surface area (Å²) in [7, 11) is -3.54. The van der Waals surface area contributed by atoms with Crippen molar-refractivity contribution >= 4 is 107 Å². The predicted molar refractivity (Wildman–Crippen MR) is 268 cm³/mol. The number of aromatic carboxylic acids is 1. The van der Waals surface area contributed by atoms with E-state index in [0.717, 1.165) is 49.8 Å². The molecule has 0 atom stereocenters. The maximum absolute atomic E-state index is 11.0. The van der Waals surface area contributed by atoms with Crippen LogP contribution in [0.5, 0.6) is 0 Å². The number of fused-ring (bicyclic) bond motifs is 5. The third-order valence-electron chi connectivity index (χ3n) is 10.5. The van der Waals surface area contributed by atoms with Gasteiger partial charge >= 0.3 is 32.4 Å². The maximum Gasteiger partial charge on any atom is 1.00 e. The van der Waals surface area contributed by atoms with Gasteiger partial charge in [-0.2, -0.15) is 18.2 Å². The summed E-state index contributed by atoms with van der Waals surface area (Å²) >= 11 is 2.34. The number of benzene rings is 5. The summed E-state index contributed by atoms with van der Waals surface area (Å²) in [6.07, 6.45) is 0. The predicted octanol–water partition coefficient (Wildman–Crippen LogP) is 8.89. The largest absolute Gasteiger partial charge is 1.00 e. The van der Waals surface area contributed by atoms with Gasteiger partial charge in [-0.05, 0) is 154 Å². The molecule has 5 aromatic heterocycles. The molecule has 0 radical (unpaired) electrons. The number of carboxylic acids is 1. The molecule has 334 valence electrons. The summed E-state index contributed by atoms with van der Waals surface area (Å²) in [5.74, 6) is -0.888. The van der Waals surface area contributed by atoms with Crippen molar-refractivity contribution in [3.8, 4) is 0 Å². The molecule has 10 rings (SSSR count). The number of nitrogens with zero attached hydrogens (tertiary/aromatic N) is 2. The van der Waals surface area contributed by atoms with Gasteiger partial charge in [0, 0.05) is 89.7 Å². The van der Waals surface area contributed by atoms with Crippen LogP contribution in [0.25, 0.3) is 54.5 Å². The number of carbonyl (C=O) groups is 1. The Balaban J connectivity index is 0.000000152. The minimum Gasteiger partial charge on any atom is -0.478 e. The molecule has 0 unspecified atom stereocenters. The van der Waals surface area contributed by atoms with Gasteiger partial charge < -0.3 is 52.6 Å². The first-order chi connectivity index (χ1) is 30.1. The number of aryl methyl sites for hydroxylation is 7. The summed E-state index contributed by atoms with van der Waals surface area (Å²) in [4.78, 5) is 38.0. The van der Waals surface area contributed by atoms with Gasteiger partial charge in [-0.3, -0.25) is 4.57 Å². The average Bonchev–Trinajstić information content (AvgIpc) is 4.03. The van der Waals surface area contributed by atoms with Crippen molar-refractivity contribution in [1.29, 1.82) is 0 Å². The van der Waals surface area contributed by atoms with Gasteiger partial charge in [-0.25, -0.2) is 4.79 Å². The Kier molecular flexibility index (Phi) is 16.5. The van der Waals surface area contributed by atoms with E-state index < -0.39 is 24.4 Å². The van der Waals surface area contributed by atoms with Crippen LogP contribution < -0.4 is 24.2 Å². The fraction of sp³-hybridized carbons (Fsp3) is 0.146. The van der Waals surface area contributed by atoms with Crippen molar-refractivity contribution in [1.82, 2.24) is 24.1 Å². The smallest absolute Gasteiger partial charge is 0.478 e. The van der Waals surface area contributed by atoms with Crippen LogP contribution in [0.2, 0.25) is 0 Å². The van der Waals surface area contributed by atoms with E-state index in [-0.39, 0.29) is 29.1 Å². The monoisotopic (exact) mass is 1020 g/mol. The first-order valence-corrected chi connectivity index (χ1v) is 24.0. The van der Waals surface area contributed by atoms with E-state index in [9.17, 15) is 9.36 Å². The fourth-order valence-electron chi connectivity index (χ4n) is 7.11. The van der Waals surface area contributed by atoms with E-state index in [1.807, 2.05) is 51.1 Å². The molecule has 5 aromatic carbocycles. The second kappa shape index (κ2) is 21.1. The van der Waals surface area contributed by atoms with E-state index in [1.165, 1.54) is 55.0 Å². The number of hydrogen-bond acceptors (Lipinski definition) is 5. The van der Waals surface area contributed by atoms with Gasteiger partial charge in [-0.15, -0.1) is 11.5 Å². The maximum atomic E-state index is 11.0. The van der Waals surface area contributed by atoms with E-state index in [2.05, 4.69) is 117 Å². The number of aromatic amines is 3. The summed E-state index contributed by atoms with van der Waals surface area (Å²) in [5, 5.41) is 14.0. The van der Waals surface area contributed by atoms with Gasteiger partial charge in [0.1, 0.15) is 10.9 Å². The van der Waals surface area contributed by atoms with Crippen molar-refractivity contribution in [3.63, 3.8) is 0 Å². The van der Waals surface area contributed by atoms with Crippen LogP contribution >= 0.6 is 41.1 Å². The molecule has 0 saturated heterocycles. The van der Waals surface area contributed by atoms with E-state index in [4.69, 9.17) is 28.6 Å². The first kappa shape index (κ1) is 51.0. The van der Waals surface area contributed by atoms with Crippen LogP contribution in [0.1, 0.15) is 38.8 Å². The quantitative estimate of drug-likeness (QED) is 0.0360. The summed E-state index contributed by atoms with van der Waals surface area (Å²) in [6.45, 7) is 10.0. The molecular weight excluding hydrogens is 971 g/mol. The van der Waals surface area contributed by atoms with E-state index >= 15 is 0 Å². The zero-order valence-corrected chi connectivity index (χ0v) is 41.0. The number of aromatic nitrogens is 5. The summed E-state index contributed by atoms with van der Waals surface area (Å²) in [5.41, 5.74) is 11.3. The Hall–Kier alpha value is -5.02. The Morgan fingerprint density at radius 3 is 1.63 bits per heavy atom. The molecular formula is C48H50ILiN5O8PS. The van der Waals surface area contributed by atoms with Crippen LogP contribution in [-0.4, -0.2) is 58.6 Å². The summed E-state index contributed by atoms with van der Waals surface area (Å²) < 4.78 is 43.8. The summed E-state index contributed by atoms with van der Waals surface area (Å²) in [6, 6.07) is 40.1. The van der Waals surface area contributed by atoms with Gasteiger partial charge in [0.25, 0.3) is 0 Å². The number of carboxylic acid groups (broad SMARTS) is 1. The molecule has 0 spiro atoms. The van der Waals surface area contributed by atoms with E-state index in [0.29, 0.717) is 5.56 Å². The Bertz CT molecular complexity index is 3320. The molecule has 65 heavy (non-hydrogen) atoms. The minimum absolute atomic E-state index is 0. The Morgan fingerprint density at radius 2 is 1.11 bits per heavy atom. The second-order valence-electron chi connectivity index (χ2n) is 15.4. The molecule has 0 bridgehead atoms. The number of H-pyrrole nitrogens is 3. The van der Waals surface area contributed by atoms with Gasteiger partial charge in [0.2, 0.25) is 0 Å². The number of nitrogens with one attached hydrogen (secondary N) is 3. The molecule has 10 aromatic rings. The first-order valence-electron chi connectivity index (χ1n) is 19.8. The number of hydrogen-bond donors (Lipinski definition) is 9. The topological polar surface area (TPSA) is 213 Å². The molecule has 0 aliphatic rings. The van der Waals surface area contributed by atoms with Crippen LogP contribution in [0.4, 0.5) is 0 Å². The molecule has 0 amide bonds. The van der Waals surface area contributed by atoms with Crippen molar-refractivity contribution < 1.29 is 56.8 Å². The van der Waals surface area contributed by atoms with Crippen molar-refractivity contribution in [2.24, 2.45) is 14.1 Å². The minimum atomic E-state index is -4.13. The molecule has 17 heteroatoms.